The van der Waals surface area contributed by atoms with Gasteiger partial charge in [0.25, 0.3) is 0 Å². The summed E-state index contributed by atoms with van der Waals surface area (Å²) in [4.78, 5) is 11.4. The fourth-order valence-corrected chi connectivity index (χ4v) is 2.01. The van der Waals surface area contributed by atoms with Gasteiger partial charge in [-0.2, -0.15) is 0 Å². The molecule has 20 heavy (non-hydrogen) atoms. The van der Waals surface area contributed by atoms with Gasteiger partial charge in [-0.05, 0) is 6.07 Å². The molecule has 0 radical (unpaired) electrons. The maximum absolute atomic E-state index is 13.4. The molecule has 5 nitrogen and oxygen atoms in total. The lowest BCUT2D eigenvalue weighted by Gasteiger charge is -2.17. The van der Waals surface area contributed by atoms with Crippen molar-refractivity contribution in [2.24, 2.45) is 0 Å². The van der Waals surface area contributed by atoms with E-state index in [1.807, 2.05) is 0 Å². The van der Waals surface area contributed by atoms with E-state index in [9.17, 15) is 19.4 Å². The zero-order chi connectivity index (χ0) is 14.7. The topological polar surface area (TPSA) is 76.0 Å². The molecule has 0 amide bonds. The van der Waals surface area contributed by atoms with Gasteiger partial charge in [0.1, 0.15) is 18.0 Å². The summed E-state index contributed by atoms with van der Waals surface area (Å²) in [5.41, 5.74) is 0.286. The Balaban J connectivity index is 2.08. The van der Waals surface area contributed by atoms with Gasteiger partial charge < -0.3 is 19.7 Å². The third kappa shape index (κ3) is 2.87. The number of hydrogen-bond acceptors (Lipinski definition) is 5. The van der Waals surface area contributed by atoms with E-state index in [0.717, 1.165) is 0 Å². The van der Waals surface area contributed by atoms with E-state index in [1.165, 1.54) is 31.4 Å². The van der Waals surface area contributed by atoms with Gasteiger partial charge in [-0.1, -0.05) is 30.4 Å². The van der Waals surface area contributed by atoms with Crippen LogP contribution in [0.4, 0.5) is 4.39 Å². The predicted molar refractivity (Wildman–Crippen MR) is 68.1 cm³/mol. The Bertz CT molecular complexity index is 516. The molecule has 1 aliphatic rings. The maximum Gasteiger partial charge on any atom is 0.338 e. The first-order valence-electron chi connectivity index (χ1n) is 6.06. The molecular weight excluding hydrogens is 267 g/mol. The SMILES string of the molecule is CO[C@H]1C(=O)OC([C@H](O)C=Cc2ccccc2F)C1O. The number of carbonyl (C=O) groups is 1. The van der Waals surface area contributed by atoms with Crippen molar-refractivity contribution in [3.05, 3.63) is 41.7 Å². The van der Waals surface area contributed by atoms with E-state index in [1.54, 1.807) is 12.1 Å². The number of rotatable bonds is 4. The number of cyclic esters (lactones) is 1. The number of carbonyl (C=O) groups excluding carboxylic acids is 1. The smallest absolute Gasteiger partial charge is 0.338 e. The number of methoxy groups -OCH3 is 1. The Kier molecular flexibility index (Phi) is 4.49. The Morgan fingerprint density at radius 3 is 2.75 bits per heavy atom. The second-order valence-corrected chi connectivity index (χ2v) is 4.42. The van der Waals surface area contributed by atoms with Crippen molar-refractivity contribution in [2.45, 2.75) is 24.4 Å². The molecule has 108 valence electrons. The lowest BCUT2D eigenvalue weighted by Crippen LogP contribution is -2.38. The molecule has 2 rings (SSSR count). The molecule has 0 aromatic heterocycles. The minimum Gasteiger partial charge on any atom is -0.454 e. The summed E-state index contributed by atoms with van der Waals surface area (Å²) >= 11 is 0. The number of aliphatic hydroxyl groups is 2. The summed E-state index contributed by atoms with van der Waals surface area (Å²) in [6, 6.07) is 6.03. The third-order valence-corrected chi connectivity index (χ3v) is 3.10. The Morgan fingerprint density at radius 2 is 2.15 bits per heavy atom. The normalized spacial score (nSPS) is 27.8. The molecule has 4 atom stereocenters. The molecule has 0 spiro atoms. The highest BCUT2D eigenvalue weighted by Crippen LogP contribution is 2.22. The van der Waals surface area contributed by atoms with Crippen LogP contribution < -0.4 is 0 Å². The van der Waals surface area contributed by atoms with Gasteiger partial charge in [-0.3, -0.25) is 0 Å². The van der Waals surface area contributed by atoms with Crippen molar-refractivity contribution in [3.63, 3.8) is 0 Å². The van der Waals surface area contributed by atoms with Crippen LogP contribution in [0.15, 0.2) is 30.3 Å². The average molecular weight is 282 g/mol. The lowest BCUT2D eigenvalue weighted by atomic mass is 10.0. The molecule has 1 saturated heterocycles. The lowest BCUT2D eigenvalue weighted by molar-refractivity contribution is -0.150. The summed E-state index contributed by atoms with van der Waals surface area (Å²) in [7, 11) is 1.26. The average Bonchev–Trinajstić information content (AvgIpc) is 2.72. The summed E-state index contributed by atoms with van der Waals surface area (Å²) in [5, 5.41) is 19.7. The van der Waals surface area contributed by atoms with Crippen LogP contribution in [0.2, 0.25) is 0 Å². The van der Waals surface area contributed by atoms with Gasteiger partial charge in [0.05, 0.1) is 0 Å². The number of benzene rings is 1. The summed E-state index contributed by atoms with van der Waals surface area (Å²) in [5.74, 6) is -1.17. The largest absolute Gasteiger partial charge is 0.454 e. The van der Waals surface area contributed by atoms with Crippen molar-refractivity contribution in [1.82, 2.24) is 0 Å². The van der Waals surface area contributed by atoms with Crippen LogP contribution in [0.1, 0.15) is 5.56 Å². The molecule has 0 bridgehead atoms. The molecule has 6 heteroatoms. The van der Waals surface area contributed by atoms with Crippen LogP contribution >= 0.6 is 0 Å². The number of halogens is 1. The molecule has 1 aromatic rings. The first kappa shape index (κ1) is 14.6. The van der Waals surface area contributed by atoms with Crippen molar-refractivity contribution >= 4 is 12.0 Å². The number of aliphatic hydroxyl groups excluding tert-OH is 2. The van der Waals surface area contributed by atoms with Crippen LogP contribution in [-0.4, -0.2) is 47.7 Å². The Morgan fingerprint density at radius 1 is 1.45 bits per heavy atom. The van der Waals surface area contributed by atoms with Gasteiger partial charge in [-0.25, -0.2) is 9.18 Å². The molecule has 1 aliphatic heterocycles. The van der Waals surface area contributed by atoms with Crippen molar-refractivity contribution in [1.29, 1.82) is 0 Å². The highest BCUT2D eigenvalue weighted by Gasteiger charge is 2.46. The quantitative estimate of drug-likeness (QED) is 0.787. The van der Waals surface area contributed by atoms with Crippen LogP contribution in [0, 0.1) is 5.82 Å². The maximum atomic E-state index is 13.4. The molecule has 0 aliphatic carbocycles. The summed E-state index contributed by atoms with van der Waals surface area (Å²) in [6.07, 6.45) is -2.15. The Labute approximate surface area is 115 Å². The minimum atomic E-state index is -1.27. The van der Waals surface area contributed by atoms with Gasteiger partial charge in [0, 0.05) is 12.7 Å². The molecule has 1 fully saturated rings. The number of hydrogen-bond donors (Lipinski definition) is 2. The van der Waals surface area contributed by atoms with Gasteiger partial charge in [-0.15, -0.1) is 0 Å². The van der Waals surface area contributed by atoms with Crippen molar-refractivity contribution in [2.75, 3.05) is 7.11 Å². The fourth-order valence-electron chi connectivity index (χ4n) is 2.01. The third-order valence-electron chi connectivity index (χ3n) is 3.10. The molecule has 0 saturated carbocycles. The highest BCUT2D eigenvalue weighted by atomic mass is 19.1. The second kappa shape index (κ2) is 6.13. The van der Waals surface area contributed by atoms with Crippen molar-refractivity contribution < 1.29 is 28.9 Å². The molecule has 1 heterocycles. The zero-order valence-corrected chi connectivity index (χ0v) is 10.8. The van der Waals surface area contributed by atoms with E-state index < -0.39 is 36.2 Å². The van der Waals surface area contributed by atoms with E-state index >= 15 is 0 Å². The molecular formula is C14H15FO5. The highest BCUT2D eigenvalue weighted by molar-refractivity contribution is 5.78. The first-order valence-corrected chi connectivity index (χ1v) is 6.06. The van der Waals surface area contributed by atoms with E-state index in [-0.39, 0.29) is 5.56 Å². The zero-order valence-electron chi connectivity index (χ0n) is 10.8. The van der Waals surface area contributed by atoms with Crippen LogP contribution in [-0.2, 0) is 14.3 Å². The minimum absolute atomic E-state index is 0.286. The van der Waals surface area contributed by atoms with Crippen molar-refractivity contribution in [3.8, 4) is 0 Å². The summed E-state index contributed by atoms with van der Waals surface area (Å²) < 4.78 is 23.0. The van der Waals surface area contributed by atoms with Gasteiger partial charge in [0.2, 0.25) is 0 Å². The van der Waals surface area contributed by atoms with E-state index in [2.05, 4.69) is 0 Å². The molecule has 2 N–H and O–H groups in total. The molecule has 1 aromatic carbocycles. The first-order chi connectivity index (χ1) is 9.54. The van der Waals surface area contributed by atoms with Crippen LogP contribution in [0.25, 0.3) is 6.08 Å². The fraction of sp³-hybridized carbons (Fsp3) is 0.357. The van der Waals surface area contributed by atoms with Gasteiger partial charge in [0.15, 0.2) is 12.2 Å². The van der Waals surface area contributed by atoms with E-state index in [4.69, 9.17) is 9.47 Å². The van der Waals surface area contributed by atoms with E-state index in [0.29, 0.717) is 0 Å². The van der Waals surface area contributed by atoms with Crippen LogP contribution in [0.3, 0.4) is 0 Å². The number of ether oxygens (including phenoxy) is 2. The second-order valence-electron chi connectivity index (χ2n) is 4.42. The van der Waals surface area contributed by atoms with Crippen LogP contribution in [0.5, 0.6) is 0 Å². The number of esters is 1. The Hall–Kier alpha value is -1.76. The van der Waals surface area contributed by atoms with Gasteiger partial charge >= 0.3 is 5.97 Å². The summed E-state index contributed by atoms with van der Waals surface area (Å²) in [6.45, 7) is 0. The molecule has 2 unspecified atom stereocenters. The standard InChI is InChI=1S/C14H15FO5/c1-19-13-11(17)12(20-14(13)18)10(16)7-6-8-4-2-3-5-9(8)15/h2-7,10-13,16-17H,1H3/t10-,11?,12?,13-/m1/s1. The monoisotopic (exact) mass is 282 g/mol. The predicted octanol–water partition coefficient (Wildman–Crippen LogP) is 0.501.